The highest BCUT2D eigenvalue weighted by Gasteiger charge is 2.65. The summed E-state index contributed by atoms with van der Waals surface area (Å²) in [6, 6.07) is 1.21. The highest BCUT2D eigenvalue weighted by atomic mass is 16.8. The third-order valence-corrected chi connectivity index (χ3v) is 5.17. The van der Waals surface area contributed by atoms with Crippen LogP contribution in [0.1, 0.15) is 31.9 Å². The van der Waals surface area contributed by atoms with E-state index in [0.29, 0.717) is 0 Å². The van der Waals surface area contributed by atoms with Crippen molar-refractivity contribution >= 4 is 0 Å². The lowest BCUT2D eigenvalue weighted by Gasteiger charge is -2.32. The third-order valence-electron chi connectivity index (χ3n) is 5.17. The maximum atomic E-state index is 12.1. The Morgan fingerprint density at radius 1 is 1.17 bits per heavy atom. The highest BCUT2D eigenvalue weighted by Crippen LogP contribution is 2.52. The van der Waals surface area contributed by atoms with Gasteiger partial charge in [0.25, 0.3) is 5.56 Å². The van der Waals surface area contributed by atoms with Gasteiger partial charge in [0.2, 0.25) is 0 Å². The zero-order valence-electron chi connectivity index (χ0n) is 13.0. The fourth-order valence-electron chi connectivity index (χ4n) is 3.92. The summed E-state index contributed by atoms with van der Waals surface area (Å²) in [6.07, 6.45) is 2.43. The van der Waals surface area contributed by atoms with Crippen LogP contribution in [0.4, 0.5) is 0 Å². The van der Waals surface area contributed by atoms with Crippen LogP contribution in [0.3, 0.4) is 0 Å². The van der Waals surface area contributed by atoms with Gasteiger partial charge in [-0.3, -0.25) is 14.3 Å². The molecule has 1 aliphatic carbocycles. The maximum Gasteiger partial charge on any atom is 0.330 e. The molecule has 132 valence electrons. The minimum Gasteiger partial charge on any atom is -0.393 e. The molecule has 1 saturated carbocycles. The molecule has 2 saturated heterocycles. The molecule has 0 aromatic carbocycles. The number of nitrogens with one attached hydrogen (secondary N) is 1. The fourth-order valence-corrected chi connectivity index (χ4v) is 3.92. The monoisotopic (exact) mass is 340 g/mol. The molecule has 3 fully saturated rings. The van der Waals surface area contributed by atoms with Gasteiger partial charge in [-0.2, -0.15) is 0 Å². The van der Waals surface area contributed by atoms with Crippen molar-refractivity contribution in [2.75, 3.05) is 13.2 Å². The summed E-state index contributed by atoms with van der Waals surface area (Å²) < 4.78 is 19.2. The number of ether oxygens (including phenoxy) is 3. The molecular weight excluding hydrogens is 320 g/mol. The Morgan fingerprint density at radius 3 is 2.50 bits per heavy atom. The topological polar surface area (TPSA) is 123 Å². The molecule has 9 nitrogen and oxygen atoms in total. The second kappa shape index (κ2) is 5.50. The summed E-state index contributed by atoms with van der Waals surface area (Å²) in [4.78, 5) is 25.6. The molecule has 3 atom stereocenters. The van der Waals surface area contributed by atoms with Gasteiger partial charge < -0.3 is 24.4 Å². The number of hydrogen-bond donors (Lipinski definition) is 3. The van der Waals surface area contributed by atoms with E-state index in [1.165, 1.54) is 16.8 Å². The Balaban J connectivity index is 1.75. The van der Waals surface area contributed by atoms with Gasteiger partial charge in [0.15, 0.2) is 12.0 Å². The van der Waals surface area contributed by atoms with E-state index in [9.17, 15) is 19.8 Å². The van der Waals surface area contributed by atoms with E-state index in [2.05, 4.69) is 4.98 Å². The number of hydrogen-bond acceptors (Lipinski definition) is 7. The average molecular weight is 340 g/mol. The van der Waals surface area contributed by atoms with Crippen molar-refractivity contribution in [2.24, 2.45) is 0 Å². The first-order valence-electron chi connectivity index (χ1n) is 8.09. The van der Waals surface area contributed by atoms with Crippen LogP contribution in [0.15, 0.2) is 21.9 Å². The summed E-state index contributed by atoms with van der Waals surface area (Å²) in [5.41, 5.74) is -2.53. The largest absolute Gasteiger partial charge is 0.393 e. The van der Waals surface area contributed by atoms with E-state index in [-0.39, 0.29) is 0 Å². The van der Waals surface area contributed by atoms with E-state index in [1.807, 2.05) is 0 Å². The summed E-state index contributed by atoms with van der Waals surface area (Å²) >= 11 is 0. The van der Waals surface area contributed by atoms with Crippen molar-refractivity contribution in [1.29, 1.82) is 0 Å². The number of rotatable bonds is 3. The van der Waals surface area contributed by atoms with E-state index >= 15 is 0 Å². The number of nitrogens with zero attached hydrogens (tertiary/aromatic N) is 1. The molecule has 4 rings (SSSR count). The van der Waals surface area contributed by atoms with Gasteiger partial charge in [-0.05, 0) is 12.8 Å². The molecule has 24 heavy (non-hydrogen) atoms. The van der Waals surface area contributed by atoms with Crippen LogP contribution >= 0.6 is 0 Å². The number of H-pyrrole nitrogens is 1. The second-order valence-electron chi connectivity index (χ2n) is 6.65. The number of aromatic nitrogens is 2. The third kappa shape index (κ3) is 2.20. The Morgan fingerprint density at radius 2 is 1.88 bits per heavy atom. The standard InChI is InChI=1S/C15H20N2O7/c18-7-14(8-19)11-10(22-15(23-11)4-1-2-5-15)12(24-14)17-6-3-9(20)16-13(17)21/h3,6,10-12,18-19H,1-2,4-5,7-8H2,(H,16,20,21)/t10-,11+,12-/m1/s1. The summed E-state index contributed by atoms with van der Waals surface area (Å²) in [7, 11) is 0. The Bertz CT molecular complexity index is 732. The average Bonchev–Trinajstić information content (AvgIpc) is 3.24. The van der Waals surface area contributed by atoms with Crippen molar-refractivity contribution in [1.82, 2.24) is 9.55 Å². The van der Waals surface area contributed by atoms with Gasteiger partial charge in [0, 0.05) is 25.1 Å². The quantitative estimate of drug-likeness (QED) is 0.634. The van der Waals surface area contributed by atoms with Gasteiger partial charge in [-0.25, -0.2) is 4.79 Å². The van der Waals surface area contributed by atoms with Gasteiger partial charge in [-0.1, -0.05) is 0 Å². The van der Waals surface area contributed by atoms with E-state index in [4.69, 9.17) is 14.2 Å². The molecule has 0 bridgehead atoms. The van der Waals surface area contributed by atoms with Gasteiger partial charge in [-0.15, -0.1) is 0 Å². The molecule has 3 aliphatic rings. The van der Waals surface area contributed by atoms with Crippen LogP contribution in [0.2, 0.25) is 0 Å². The van der Waals surface area contributed by atoms with E-state index < -0.39 is 54.3 Å². The molecule has 9 heteroatoms. The Hall–Kier alpha value is -1.52. The van der Waals surface area contributed by atoms with Gasteiger partial charge >= 0.3 is 5.69 Å². The lowest BCUT2D eigenvalue weighted by molar-refractivity contribution is -0.245. The predicted octanol–water partition coefficient (Wildman–Crippen LogP) is -1.16. The SMILES string of the molecule is O=c1ccn([C@@H]2OC(CO)(CO)[C@H]3OC4(CCCC4)O[C@@H]23)c(=O)[nH]1. The molecule has 2 aliphatic heterocycles. The molecule has 1 aromatic rings. The van der Waals surface area contributed by atoms with Crippen molar-refractivity contribution < 1.29 is 24.4 Å². The summed E-state index contributed by atoms with van der Waals surface area (Å²) in [5, 5.41) is 19.6. The second-order valence-corrected chi connectivity index (χ2v) is 6.65. The zero-order valence-corrected chi connectivity index (χ0v) is 13.0. The molecule has 0 unspecified atom stereocenters. The first-order chi connectivity index (χ1) is 11.5. The fraction of sp³-hybridized carbons (Fsp3) is 0.733. The van der Waals surface area contributed by atoms with Crippen molar-refractivity contribution in [3.63, 3.8) is 0 Å². The van der Waals surface area contributed by atoms with Crippen LogP contribution in [-0.4, -0.2) is 56.6 Å². The molecule has 3 N–H and O–H groups in total. The molecule has 1 spiro atoms. The number of aliphatic hydroxyl groups excluding tert-OH is 2. The van der Waals surface area contributed by atoms with Crippen LogP contribution in [0.25, 0.3) is 0 Å². The smallest absolute Gasteiger partial charge is 0.330 e. The molecular formula is C15H20N2O7. The molecule has 3 heterocycles. The molecule has 1 aromatic heterocycles. The van der Waals surface area contributed by atoms with Crippen LogP contribution < -0.4 is 11.2 Å². The highest BCUT2D eigenvalue weighted by molar-refractivity contribution is 5.08. The van der Waals surface area contributed by atoms with Crippen molar-refractivity contribution in [3.8, 4) is 0 Å². The van der Waals surface area contributed by atoms with Gasteiger partial charge in [0.05, 0.1) is 13.2 Å². The van der Waals surface area contributed by atoms with Crippen molar-refractivity contribution in [3.05, 3.63) is 33.1 Å². The predicted molar refractivity (Wildman–Crippen MR) is 79.3 cm³/mol. The first-order valence-corrected chi connectivity index (χ1v) is 8.09. The van der Waals surface area contributed by atoms with Gasteiger partial charge in [0.1, 0.15) is 17.8 Å². The minimum atomic E-state index is -1.36. The number of fused-ring (bicyclic) bond motifs is 1. The Kier molecular flexibility index (Phi) is 3.66. The van der Waals surface area contributed by atoms with Crippen LogP contribution in [-0.2, 0) is 14.2 Å². The summed E-state index contributed by atoms with van der Waals surface area (Å²) in [5.74, 6) is -0.751. The minimum absolute atomic E-state index is 0.474. The van der Waals surface area contributed by atoms with Crippen LogP contribution in [0, 0.1) is 0 Å². The normalized spacial score (nSPS) is 33.2. The zero-order chi connectivity index (χ0) is 16.9. The van der Waals surface area contributed by atoms with E-state index in [0.717, 1.165) is 25.7 Å². The lowest BCUT2D eigenvalue weighted by atomic mass is 9.97. The molecule has 0 radical (unpaired) electrons. The van der Waals surface area contributed by atoms with Crippen molar-refractivity contribution in [2.45, 2.75) is 55.5 Å². The summed E-state index contributed by atoms with van der Waals surface area (Å²) in [6.45, 7) is -0.947. The number of aliphatic hydroxyl groups is 2. The maximum absolute atomic E-state index is 12.1. The lowest BCUT2D eigenvalue weighted by Crippen LogP contribution is -2.49. The first kappa shape index (κ1) is 16.0. The van der Waals surface area contributed by atoms with Crippen LogP contribution in [0.5, 0.6) is 0 Å². The number of aromatic amines is 1. The Labute approximate surface area is 136 Å². The molecule has 0 amide bonds. The van der Waals surface area contributed by atoms with E-state index in [1.54, 1.807) is 0 Å².